The van der Waals surface area contributed by atoms with Gasteiger partial charge in [0.2, 0.25) is 5.78 Å². The number of hydrogen-bond donors (Lipinski definition) is 1. The molecule has 0 aliphatic carbocycles. The van der Waals surface area contributed by atoms with Crippen LogP contribution in [0.3, 0.4) is 0 Å². The summed E-state index contributed by atoms with van der Waals surface area (Å²) in [5.41, 5.74) is 1.90. The van der Waals surface area contributed by atoms with E-state index in [1.165, 1.54) is 0 Å². The molecule has 0 aliphatic heterocycles. The van der Waals surface area contributed by atoms with E-state index in [1.54, 1.807) is 10.9 Å². The van der Waals surface area contributed by atoms with Gasteiger partial charge >= 0.3 is 0 Å². The largest absolute Gasteiger partial charge is 0.306 e. The molecule has 3 heterocycles. The van der Waals surface area contributed by atoms with Crippen molar-refractivity contribution in [1.82, 2.24) is 34.7 Å². The molecule has 1 N–H and O–H groups in total. The summed E-state index contributed by atoms with van der Waals surface area (Å²) in [5.74, 6) is 0.697. The highest BCUT2D eigenvalue weighted by atomic mass is 15.4. The van der Waals surface area contributed by atoms with Crippen LogP contribution < -0.4 is 5.32 Å². The van der Waals surface area contributed by atoms with Gasteiger partial charge in [-0.05, 0) is 26.8 Å². The van der Waals surface area contributed by atoms with Crippen LogP contribution in [0.1, 0.15) is 32.2 Å². The molecular weight excluding hydrogens is 266 g/mol. The van der Waals surface area contributed by atoms with E-state index < -0.39 is 0 Å². The average Bonchev–Trinajstić information content (AvgIpc) is 3.01. The van der Waals surface area contributed by atoms with Crippen molar-refractivity contribution in [3.8, 4) is 0 Å². The Morgan fingerprint density at radius 2 is 2.05 bits per heavy atom. The quantitative estimate of drug-likeness (QED) is 0.781. The fraction of sp³-hybridized carbons (Fsp3) is 0.429. The van der Waals surface area contributed by atoms with Crippen molar-refractivity contribution in [2.45, 2.75) is 39.4 Å². The third-order valence-corrected chi connectivity index (χ3v) is 3.00. The lowest BCUT2D eigenvalue weighted by molar-refractivity contribution is 0.421. The maximum absolute atomic E-state index is 4.45. The second-order valence-electron chi connectivity index (χ2n) is 6.07. The number of nitrogens with zero attached hydrogens (tertiary/aromatic N) is 6. The van der Waals surface area contributed by atoms with Crippen molar-refractivity contribution >= 4 is 5.78 Å². The van der Waals surface area contributed by atoms with Gasteiger partial charge in [0.05, 0.1) is 24.1 Å². The summed E-state index contributed by atoms with van der Waals surface area (Å²) < 4.78 is 3.69. The van der Waals surface area contributed by atoms with Gasteiger partial charge in [0.15, 0.2) is 0 Å². The maximum atomic E-state index is 4.45. The van der Waals surface area contributed by atoms with Crippen LogP contribution in [-0.4, -0.2) is 34.9 Å². The van der Waals surface area contributed by atoms with Gasteiger partial charge in [-0.15, -0.1) is 5.10 Å². The average molecular weight is 285 g/mol. The summed E-state index contributed by atoms with van der Waals surface area (Å²) in [4.78, 5) is 8.65. The Hall–Kier alpha value is -2.28. The molecule has 7 heteroatoms. The lowest BCUT2D eigenvalue weighted by Crippen LogP contribution is -2.35. The fourth-order valence-corrected chi connectivity index (χ4v) is 1.97. The van der Waals surface area contributed by atoms with Crippen molar-refractivity contribution in [2.75, 3.05) is 0 Å². The maximum Gasteiger partial charge on any atom is 0.233 e. The van der Waals surface area contributed by atoms with E-state index in [0.29, 0.717) is 18.9 Å². The van der Waals surface area contributed by atoms with Gasteiger partial charge in [-0.25, -0.2) is 14.6 Å². The zero-order chi connectivity index (χ0) is 14.9. The van der Waals surface area contributed by atoms with Gasteiger partial charge in [0, 0.05) is 30.7 Å². The first-order chi connectivity index (χ1) is 9.99. The second-order valence-corrected chi connectivity index (χ2v) is 6.07. The topological polar surface area (TPSA) is 72.9 Å². The number of imidazole rings is 1. The van der Waals surface area contributed by atoms with Crippen molar-refractivity contribution in [1.29, 1.82) is 0 Å². The van der Waals surface area contributed by atoms with Crippen LogP contribution in [0.4, 0.5) is 0 Å². The molecule has 0 radical (unpaired) electrons. The Balaban J connectivity index is 1.69. The summed E-state index contributed by atoms with van der Waals surface area (Å²) in [6.45, 7) is 7.67. The molecule has 21 heavy (non-hydrogen) atoms. The molecule has 0 spiro atoms. The Morgan fingerprint density at radius 3 is 2.81 bits per heavy atom. The lowest BCUT2D eigenvalue weighted by Gasteiger charge is -2.19. The Bertz CT molecular complexity index is 702. The van der Waals surface area contributed by atoms with Crippen LogP contribution in [0, 0.1) is 0 Å². The Morgan fingerprint density at radius 1 is 1.19 bits per heavy atom. The van der Waals surface area contributed by atoms with Gasteiger partial charge in [0.25, 0.3) is 0 Å². The van der Waals surface area contributed by atoms with Crippen LogP contribution in [0.15, 0.2) is 30.9 Å². The molecule has 3 aromatic heterocycles. The number of rotatable bonds is 4. The standard InChI is InChI=1S/C14H19N7/c1-14(2,3)16-7-11-9-21(19-18-11)10-12-8-20-6-4-5-15-13(20)17-12/h4-6,8-9,16H,7,10H2,1-3H3. The van der Waals surface area contributed by atoms with Crippen LogP contribution in [0.25, 0.3) is 5.78 Å². The fourth-order valence-electron chi connectivity index (χ4n) is 1.97. The normalized spacial score (nSPS) is 12.1. The highest BCUT2D eigenvalue weighted by molar-refractivity contribution is 5.29. The molecule has 0 atom stereocenters. The highest BCUT2D eigenvalue weighted by Gasteiger charge is 2.10. The monoisotopic (exact) mass is 285 g/mol. The van der Waals surface area contributed by atoms with Crippen LogP contribution >= 0.6 is 0 Å². The molecule has 0 saturated heterocycles. The molecule has 0 aliphatic rings. The van der Waals surface area contributed by atoms with Gasteiger partial charge in [0.1, 0.15) is 0 Å². The van der Waals surface area contributed by atoms with Crippen LogP contribution in [0.5, 0.6) is 0 Å². The first-order valence-electron chi connectivity index (χ1n) is 6.92. The molecule has 3 rings (SSSR count). The summed E-state index contributed by atoms with van der Waals surface area (Å²) >= 11 is 0. The molecule has 0 aromatic carbocycles. The molecule has 110 valence electrons. The van der Waals surface area contributed by atoms with Gasteiger partial charge in [-0.2, -0.15) is 0 Å². The molecule has 3 aromatic rings. The second kappa shape index (κ2) is 5.25. The minimum absolute atomic E-state index is 0.0665. The number of hydrogen-bond acceptors (Lipinski definition) is 5. The van der Waals surface area contributed by atoms with Crippen molar-refractivity contribution in [3.05, 3.63) is 42.2 Å². The predicted octanol–water partition coefficient (Wildman–Crippen LogP) is 1.26. The van der Waals surface area contributed by atoms with Gasteiger partial charge < -0.3 is 5.32 Å². The summed E-state index contributed by atoms with van der Waals surface area (Å²) in [7, 11) is 0. The predicted molar refractivity (Wildman–Crippen MR) is 78.7 cm³/mol. The summed E-state index contributed by atoms with van der Waals surface area (Å²) in [6, 6.07) is 1.88. The van der Waals surface area contributed by atoms with Gasteiger partial charge in [-0.1, -0.05) is 5.21 Å². The van der Waals surface area contributed by atoms with E-state index in [4.69, 9.17) is 0 Å². The van der Waals surface area contributed by atoms with Crippen LogP contribution in [-0.2, 0) is 13.1 Å². The summed E-state index contributed by atoms with van der Waals surface area (Å²) in [5, 5.41) is 11.7. The zero-order valence-corrected chi connectivity index (χ0v) is 12.5. The lowest BCUT2D eigenvalue weighted by atomic mass is 10.1. The summed E-state index contributed by atoms with van der Waals surface area (Å²) in [6.07, 6.45) is 7.56. The number of fused-ring (bicyclic) bond motifs is 1. The van der Waals surface area contributed by atoms with Gasteiger partial charge in [-0.3, -0.25) is 4.40 Å². The SMILES string of the molecule is CC(C)(C)NCc1cn(Cc2cn3cccnc3n2)nn1. The Kier molecular flexibility index (Phi) is 3.42. The number of aromatic nitrogens is 6. The minimum atomic E-state index is 0.0665. The smallest absolute Gasteiger partial charge is 0.233 e. The Labute approximate surface area is 123 Å². The molecule has 0 saturated carbocycles. The van der Waals surface area contributed by atoms with Crippen LogP contribution in [0.2, 0.25) is 0 Å². The zero-order valence-electron chi connectivity index (χ0n) is 12.5. The molecule has 0 bridgehead atoms. The van der Waals surface area contributed by atoms with Crippen molar-refractivity contribution in [2.24, 2.45) is 0 Å². The van der Waals surface area contributed by atoms with E-state index in [0.717, 1.165) is 11.4 Å². The van der Waals surface area contributed by atoms with E-state index in [2.05, 4.69) is 46.4 Å². The third kappa shape index (κ3) is 3.43. The number of nitrogens with one attached hydrogen (secondary N) is 1. The third-order valence-electron chi connectivity index (χ3n) is 3.00. The van der Waals surface area contributed by atoms with E-state index in [9.17, 15) is 0 Å². The molecular formula is C14H19N7. The first kappa shape index (κ1) is 13.7. The van der Waals surface area contributed by atoms with E-state index in [1.807, 2.05) is 29.1 Å². The van der Waals surface area contributed by atoms with Crippen molar-refractivity contribution < 1.29 is 0 Å². The molecule has 0 fully saturated rings. The molecule has 7 nitrogen and oxygen atoms in total. The van der Waals surface area contributed by atoms with E-state index in [-0.39, 0.29) is 5.54 Å². The molecule has 0 unspecified atom stereocenters. The highest BCUT2D eigenvalue weighted by Crippen LogP contribution is 2.05. The minimum Gasteiger partial charge on any atom is -0.306 e. The first-order valence-corrected chi connectivity index (χ1v) is 6.92. The van der Waals surface area contributed by atoms with E-state index >= 15 is 0 Å². The van der Waals surface area contributed by atoms with Crippen molar-refractivity contribution in [3.63, 3.8) is 0 Å². The molecule has 0 amide bonds.